The van der Waals surface area contributed by atoms with Crippen molar-refractivity contribution >= 4 is 11.9 Å². The lowest BCUT2D eigenvalue weighted by Crippen LogP contribution is -2.49. The molecule has 25 heavy (non-hydrogen) atoms. The van der Waals surface area contributed by atoms with Crippen LogP contribution >= 0.6 is 0 Å². The monoisotopic (exact) mass is 339 g/mol. The van der Waals surface area contributed by atoms with Crippen molar-refractivity contribution in [3.8, 4) is 0 Å². The van der Waals surface area contributed by atoms with Crippen LogP contribution in [0.25, 0.3) is 0 Å². The molecular weight excluding hydrogens is 318 g/mol. The van der Waals surface area contributed by atoms with Gasteiger partial charge in [-0.1, -0.05) is 6.07 Å². The average molecular weight is 339 g/mol. The van der Waals surface area contributed by atoms with Gasteiger partial charge in [0.1, 0.15) is 5.60 Å². The van der Waals surface area contributed by atoms with E-state index in [1.165, 1.54) is 0 Å². The molecule has 1 amide bonds. The highest BCUT2D eigenvalue weighted by atomic mass is 16.5. The Morgan fingerprint density at radius 3 is 2.92 bits per heavy atom. The third-order valence-electron chi connectivity index (χ3n) is 5.07. The SMILES string of the molecule is Nc1ncc2c(n1)C1(CCN(C(=O)Cc3cccnc3)CC1)OCC2. The van der Waals surface area contributed by atoms with E-state index in [1.807, 2.05) is 23.2 Å². The number of carbonyl (C=O) groups is 1. The van der Waals surface area contributed by atoms with Crippen molar-refractivity contribution < 1.29 is 9.53 Å². The molecule has 2 N–H and O–H groups in total. The Morgan fingerprint density at radius 2 is 2.16 bits per heavy atom. The normalized spacial score (nSPS) is 18.8. The van der Waals surface area contributed by atoms with Crippen molar-refractivity contribution in [2.45, 2.75) is 31.3 Å². The fourth-order valence-corrected chi connectivity index (χ4v) is 3.71. The van der Waals surface area contributed by atoms with Gasteiger partial charge in [0, 0.05) is 31.7 Å². The first-order valence-electron chi connectivity index (χ1n) is 8.59. The summed E-state index contributed by atoms with van der Waals surface area (Å²) in [6.07, 6.45) is 7.91. The van der Waals surface area contributed by atoms with Gasteiger partial charge >= 0.3 is 0 Å². The summed E-state index contributed by atoms with van der Waals surface area (Å²) in [5, 5.41) is 0. The Kier molecular flexibility index (Phi) is 4.09. The number of nitrogens with zero attached hydrogens (tertiary/aromatic N) is 4. The summed E-state index contributed by atoms with van der Waals surface area (Å²) < 4.78 is 6.14. The zero-order valence-corrected chi connectivity index (χ0v) is 14.0. The Balaban J connectivity index is 1.47. The second-order valence-electron chi connectivity index (χ2n) is 6.61. The van der Waals surface area contributed by atoms with E-state index in [0.29, 0.717) is 26.1 Å². The number of hydrogen-bond donors (Lipinski definition) is 1. The molecule has 2 aliphatic rings. The minimum atomic E-state index is -0.435. The molecule has 7 nitrogen and oxygen atoms in total. The van der Waals surface area contributed by atoms with Crippen LogP contribution in [0.1, 0.15) is 29.7 Å². The van der Waals surface area contributed by atoms with E-state index in [4.69, 9.17) is 10.5 Å². The Labute approximate surface area is 146 Å². The van der Waals surface area contributed by atoms with Gasteiger partial charge in [-0.2, -0.15) is 0 Å². The maximum atomic E-state index is 12.6. The van der Waals surface area contributed by atoms with Crippen molar-refractivity contribution in [1.29, 1.82) is 0 Å². The molecule has 0 bridgehead atoms. The fourth-order valence-electron chi connectivity index (χ4n) is 3.71. The molecule has 1 fully saturated rings. The van der Waals surface area contributed by atoms with Crippen molar-refractivity contribution in [1.82, 2.24) is 19.9 Å². The highest BCUT2D eigenvalue weighted by Crippen LogP contribution is 2.40. The summed E-state index contributed by atoms with van der Waals surface area (Å²) in [4.78, 5) is 27.1. The predicted molar refractivity (Wildman–Crippen MR) is 91.5 cm³/mol. The number of piperidine rings is 1. The second kappa shape index (κ2) is 6.40. The Bertz CT molecular complexity index is 772. The van der Waals surface area contributed by atoms with E-state index in [0.717, 1.165) is 36.1 Å². The number of nitrogen functional groups attached to an aromatic ring is 1. The molecule has 0 unspecified atom stereocenters. The lowest BCUT2D eigenvalue weighted by molar-refractivity contribution is -0.140. The highest BCUT2D eigenvalue weighted by molar-refractivity contribution is 5.78. The standard InChI is InChI=1S/C18H21N5O2/c19-17-21-12-14-3-9-25-18(16(14)22-17)4-7-23(8-5-18)15(24)10-13-2-1-6-20-11-13/h1-2,6,11-12H,3-5,7-10H2,(H2,19,21,22). The predicted octanol–water partition coefficient (Wildman–Crippen LogP) is 1.09. The van der Waals surface area contributed by atoms with Gasteiger partial charge in [0.25, 0.3) is 0 Å². The number of ether oxygens (including phenoxy) is 1. The molecule has 0 radical (unpaired) electrons. The molecule has 7 heteroatoms. The van der Waals surface area contributed by atoms with Gasteiger partial charge in [-0.25, -0.2) is 9.97 Å². The van der Waals surface area contributed by atoms with Crippen LogP contribution in [0.4, 0.5) is 5.95 Å². The van der Waals surface area contributed by atoms with Crippen molar-refractivity contribution in [2.75, 3.05) is 25.4 Å². The van der Waals surface area contributed by atoms with Crippen LogP contribution in [-0.4, -0.2) is 45.5 Å². The Morgan fingerprint density at radius 1 is 1.32 bits per heavy atom. The third kappa shape index (κ3) is 3.07. The van der Waals surface area contributed by atoms with Crippen LogP contribution in [0.2, 0.25) is 0 Å². The van der Waals surface area contributed by atoms with Gasteiger partial charge in [-0.3, -0.25) is 9.78 Å². The first-order chi connectivity index (χ1) is 12.2. The lowest BCUT2D eigenvalue weighted by atomic mass is 9.83. The van der Waals surface area contributed by atoms with E-state index in [-0.39, 0.29) is 11.9 Å². The van der Waals surface area contributed by atoms with Gasteiger partial charge in [-0.05, 0) is 36.5 Å². The molecule has 130 valence electrons. The molecule has 0 aromatic carbocycles. The van der Waals surface area contributed by atoms with E-state index < -0.39 is 5.60 Å². The summed E-state index contributed by atoms with van der Waals surface area (Å²) in [7, 11) is 0. The molecule has 0 atom stereocenters. The van der Waals surface area contributed by atoms with Gasteiger partial charge in [0.05, 0.1) is 18.7 Å². The average Bonchev–Trinajstić information content (AvgIpc) is 2.64. The minimum Gasteiger partial charge on any atom is -0.368 e. The maximum Gasteiger partial charge on any atom is 0.227 e. The number of anilines is 1. The topological polar surface area (TPSA) is 94.2 Å². The third-order valence-corrected chi connectivity index (χ3v) is 5.07. The van der Waals surface area contributed by atoms with Gasteiger partial charge in [-0.15, -0.1) is 0 Å². The zero-order chi connectivity index (χ0) is 17.3. The van der Waals surface area contributed by atoms with E-state index in [2.05, 4.69) is 15.0 Å². The summed E-state index contributed by atoms with van der Waals surface area (Å²) in [5.41, 5.74) is 8.30. The molecule has 2 aromatic rings. The summed E-state index contributed by atoms with van der Waals surface area (Å²) in [5.74, 6) is 0.403. The van der Waals surface area contributed by atoms with Crippen LogP contribution in [0.3, 0.4) is 0 Å². The van der Waals surface area contributed by atoms with Crippen molar-refractivity contribution in [3.63, 3.8) is 0 Å². The first kappa shape index (κ1) is 16.0. The van der Waals surface area contributed by atoms with Crippen molar-refractivity contribution in [3.05, 3.63) is 47.5 Å². The van der Waals surface area contributed by atoms with Crippen LogP contribution in [-0.2, 0) is 28.0 Å². The quantitative estimate of drug-likeness (QED) is 0.880. The van der Waals surface area contributed by atoms with E-state index in [9.17, 15) is 4.79 Å². The number of hydrogen-bond acceptors (Lipinski definition) is 6. The van der Waals surface area contributed by atoms with E-state index >= 15 is 0 Å². The van der Waals surface area contributed by atoms with Crippen LogP contribution in [0, 0.1) is 0 Å². The number of carbonyl (C=O) groups excluding carboxylic acids is 1. The molecular formula is C18H21N5O2. The number of nitrogens with two attached hydrogens (primary N) is 1. The summed E-state index contributed by atoms with van der Waals surface area (Å²) >= 11 is 0. The number of pyridine rings is 1. The zero-order valence-electron chi connectivity index (χ0n) is 14.0. The second-order valence-corrected chi connectivity index (χ2v) is 6.61. The highest BCUT2D eigenvalue weighted by Gasteiger charge is 2.43. The Hall–Kier alpha value is -2.54. The van der Waals surface area contributed by atoms with Crippen LogP contribution < -0.4 is 5.73 Å². The smallest absolute Gasteiger partial charge is 0.227 e. The molecule has 4 heterocycles. The fraction of sp³-hybridized carbons (Fsp3) is 0.444. The first-order valence-corrected chi connectivity index (χ1v) is 8.59. The van der Waals surface area contributed by atoms with Crippen LogP contribution in [0.15, 0.2) is 30.7 Å². The van der Waals surface area contributed by atoms with Gasteiger partial charge in [0.2, 0.25) is 11.9 Å². The van der Waals surface area contributed by atoms with Gasteiger partial charge in [0.15, 0.2) is 0 Å². The molecule has 2 aliphatic heterocycles. The van der Waals surface area contributed by atoms with Crippen LogP contribution in [0.5, 0.6) is 0 Å². The number of likely N-dealkylation sites (tertiary alicyclic amines) is 1. The van der Waals surface area contributed by atoms with Gasteiger partial charge < -0.3 is 15.4 Å². The maximum absolute atomic E-state index is 12.6. The molecule has 0 aliphatic carbocycles. The van der Waals surface area contributed by atoms with Crippen molar-refractivity contribution in [2.24, 2.45) is 0 Å². The summed E-state index contributed by atoms with van der Waals surface area (Å²) in [6.45, 7) is 1.97. The molecule has 1 saturated heterocycles. The molecule has 0 saturated carbocycles. The minimum absolute atomic E-state index is 0.126. The largest absolute Gasteiger partial charge is 0.368 e. The van der Waals surface area contributed by atoms with E-state index in [1.54, 1.807) is 12.4 Å². The molecule has 1 spiro atoms. The number of amides is 1. The number of fused-ring (bicyclic) bond motifs is 2. The number of rotatable bonds is 2. The molecule has 4 rings (SSSR count). The summed E-state index contributed by atoms with van der Waals surface area (Å²) in [6, 6.07) is 3.78. The lowest BCUT2D eigenvalue weighted by Gasteiger charge is -2.44. The number of aromatic nitrogens is 3. The molecule has 2 aromatic heterocycles.